The maximum Gasteiger partial charge on any atom is 0.161 e. The van der Waals surface area contributed by atoms with E-state index in [1.807, 2.05) is 28.8 Å². The Morgan fingerprint density at radius 1 is 1.19 bits per heavy atom. The van der Waals surface area contributed by atoms with Gasteiger partial charge in [0.2, 0.25) is 0 Å². The molecule has 104 valence electrons. The number of carbonyl (C=O) groups excluding carboxylic acids is 1. The standard InChI is InChI=1S/C16H11ClN2O2/c1-10(20)13-9-19(15-5-3-2-4-12(13)15)16-7-6-11(18-21)8-14(16)17/h2-9H,1H3. The molecule has 0 fully saturated rings. The summed E-state index contributed by atoms with van der Waals surface area (Å²) in [6.07, 6.45) is 1.77. The van der Waals surface area contributed by atoms with Crippen molar-refractivity contribution in [3.05, 3.63) is 64.2 Å². The lowest BCUT2D eigenvalue weighted by molar-refractivity contribution is 0.101. The minimum absolute atomic E-state index is 0.00718. The zero-order valence-electron chi connectivity index (χ0n) is 11.2. The number of benzene rings is 2. The lowest BCUT2D eigenvalue weighted by Gasteiger charge is -2.07. The van der Waals surface area contributed by atoms with Gasteiger partial charge in [-0.05, 0) is 36.4 Å². The van der Waals surface area contributed by atoms with Crippen molar-refractivity contribution in [2.45, 2.75) is 6.92 Å². The van der Waals surface area contributed by atoms with Crippen molar-refractivity contribution < 1.29 is 4.79 Å². The van der Waals surface area contributed by atoms with Crippen molar-refractivity contribution in [3.8, 4) is 5.69 Å². The summed E-state index contributed by atoms with van der Waals surface area (Å²) in [5.41, 5.74) is 2.50. The molecular formula is C16H11ClN2O2. The fourth-order valence-corrected chi connectivity index (χ4v) is 2.67. The van der Waals surface area contributed by atoms with Crippen LogP contribution in [-0.4, -0.2) is 10.4 Å². The number of hydrogen-bond acceptors (Lipinski definition) is 3. The fourth-order valence-electron chi connectivity index (χ4n) is 2.41. The Morgan fingerprint density at radius 2 is 1.95 bits per heavy atom. The Kier molecular flexibility index (Phi) is 3.31. The largest absolute Gasteiger partial charge is 0.314 e. The number of Topliss-reactive ketones (excluding diaryl/α,β-unsaturated/α-hetero) is 1. The molecule has 0 aliphatic carbocycles. The maximum absolute atomic E-state index is 11.8. The van der Waals surface area contributed by atoms with Crippen LogP contribution in [0, 0.1) is 4.91 Å². The third kappa shape index (κ3) is 2.23. The Labute approximate surface area is 125 Å². The van der Waals surface area contributed by atoms with Crippen LogP contribution in [0.3, 0.4) is 0 Å². The van der Waals surface area contributed by atoms with Gasteiger partial charge >= 0.3 is 0 Å². The van der Waals surface area contributed by atoms with Crippen molar-refractivity contribution in [2.75, 3.05) is 0 Å². The first kappa shape index (κ1) is 13.5. The Hall–Kier alpha value is -2.46. The van der Waals surface area contributed by atoms with Gasteiger partial charge in [-0.3, -0.25) is 4.79 Å². The number of hydrogen-bond donors (Lipinski definition) is 0. The molecule has 0 spiro atoms. The second kappa shape index (κ2) is 5.14. The van der Waals surface area contributed by atoms with Crippen molar-refractivity contribution in [3.63, 3.8) is 0 Å². The predicted octanol–water partition coefficient (Wildman–Crippen LogP) is 4.88. The van der Waals surface area contributed by atoms with Crippen LogP contribution in [0.2, 0.25) is 5.02 Å². The lowest BCUT2D eigenvalue weighted by Crippen LogP contribution is -1.93. The number of ketones is 1. The number of nitroso groups, excluding NO2 is 1. The molecule has 0 radical (unpaired) electrons. The predicted molar refractivity (Wildman–Crippen MR) is 83.7 cm³/mol. The van der Waals surface area contributed by atoms with E-state index in [0.29, 0.717) is 16.3 Å². The number of rotatable bonds is 3. The first-order chi connectivity index (χ1) is 10.1. The van der Waals surface area contributed by atoms with Crippen LogP contribution < -0.4 is 0 Å². The average Bonchev–Trinajstić information content (AvgIpc) is 2.87. The third-order valence-electron chi connectivity index (χ3n) is 3.39. The second-order valence-corrected chi connectivity index (χ2v) is 5.12. The van der Waals surface area contributed by atoms with Gasteiger partial charge in [-0.1, -0.05) is 29.8 Å². The second-order valence-electron chi connectivity index (χ2n) is 4.71. The quantitative estimate of drug-likeness (QED) is 0.511. The number of carbonyl (C=O) groups is 1. The van der Waals surface area contributed by atoms with Crippen LogP contribution in [0.1, 0.15) is 17.3 Å². The third-order valence-corrected chi connectivity index (χ3v) is 3.69. The molecule has 0 saturated carbocycles. The van der Waals surface area contributed by atoms with Crippen molar-refractivity contribution in [1.82, 2.24) is 4.57 Å². The Morgan fingerprint density at radius 3 is 2.62 bits per heavy atom. The van der Waals surface area contributed by atoms with E-state index in [1.165, 1.54) is 13.0 Å². The summed E-state index contributed by atoms with van der Waals surface area (Å²) < 4.78 is 1.85. The molecule has 4 nitrogen and oxygen atoms in total. The van der Waals surface area contributed by atoms with Gasteiger partial charge in [0.25, 0.3) is 0 Å². The van der Waals surface area contributed by atoms with Gasteiger partial charge in [-0.15, -0.1) is 4.91 Å². The van der Waals surface area contributed by atoms with E-state index in [0.717, 1.165) is 10.9 Å². The molecule has 0 aliphatic heterocycles. The number of para-hydroxylation sites is 1. The van der Waals surface area contributed by atoms with Crippen LogP contribution in [0.15, 0.2) is 53.8 Å². The molecule has 1 aromatic heterocycles. The first-order valence-electron chi connectivity index (χ1n) is 6.36. The Bertz CT molecular complexity index is 868. The molecule has 0 aliphatic rings. The highest BCUT2D eigenvalue weighted by molar-refractivity contribution is 6.32. The van der Waals surface area contributed by atoms with Gasteiger partial charge in [0, 0.05) is 17.1 Å². The van der Waals surface area contributed by atoms with E-state index in [2.05, 4.69) is 5.18 Å². The fraction of sp³-hybridized carbons (Fsp3) is 0.0625. The summed E-state index contributed by atoms with van der Waals surface area (Å²) in [6.45, 7) is 1.53. The summed E-state index contributed by atoms with van der Waals surface area (Å²) in [4.78, 5) is 22.3. The molecule has 3 aromatic rings. The summed E-state index contributed by atoms with van der Waals surface area (Å²) in [5, 5.41) is 4.14. The summed E-state index contributed by atoms with van der Waals surface area (Å²) in [6, 6.07) is 12.4. The molecule has 21 heavy (non-hydrogen) atoms. The highest BCUT2D eigenvalue weighted by Crippen LogP contribution is 2.31. The van der Waals surface area contributed by atoms with Gasteiger partial charge in [0.15, 0.2) is 5.78 Å². The van der Waals surface area contributed by atoms with Crippen LogP contribution in [-0.2, 0) is 0 Å². The zero-order valence-corrected chi connectivity index (χ0v) is 12.0. The van der Waals surface area contributed by atoms with Gasteiger partial charge in [-0.2, -0.15) is 0 Å². The molecular weight excluding hydrogens is 288 g/mol. The summed E-state index contributed by atoms with van der Waals surface area (Å²) >= 11 is 6.23. The molecule has 0 unspecified atom stereocenters. The molecule has 0 amide bonds. The number of nitrogens with zero attached hydrogens (tertiary/aromatic N) is 2. The molecule has 0 N–H and O–H groups in total. The van der Waals surface area contributed by atoms with Crippen molar-refractivity contribution in [2.24, 2.45) is 5.18 Å². The molecule has 1 heterocycles. The van der Waals surface area contributed by atoms with E-state index in [1.54, 1.807) is 18.3 Å². The average molecular weight is 299 g/mol. The SMILES string of the molecule is CC(=O)c1cn(-c2ccc(N=O)cc2Cl)c2ccccc12. The monoisotopic (exact) mass is 298 g/mol. The van der Waals surface area contributed by atoms with E-state index < -0.39 is 0 Å². The van der Waals surface area contributed by atoms with Gasteiger partial charge in [0.05, 0.1) is 16.2 Å². The molecule has 0 atom stereocenters. The smallest absolute Gasteiger partial charge is 0.161 e. The molecule has 2 aromatic carbocycles. The number of aromatic nitrogens is 1. The molecule has 0 bridgehead atoms. The van der Waals surface area contributed by atoms with E-state index in [9.17, 15) is 9.70 Å². The minimum Gasteiger partial charge on any atom is -0.314 e. The van der Waals surface area contributed by atoms with Crippen LogP contribution in [0.25, 0.3) is 16.6 Å². The summed E-state index contributed by atoms with van der Waals surface area (Å²) in [5.74, 6) is -0.00718. The van der Waals surface area contributed by atoms with E-state index >= 15 is 0 Å². The van der Waals surface area contributed by atoms with E-state index in [-0.39, 0.29) is 11.5 Å². The first-order valence-corrected chi connectivity index (χ1v) is 6.74. The van der Waals surface area contributed by atoms with Crippen molar-refractivity contribution in [1.29, 1.82) is 0 Å². The van der Waals surface area contributed by atoms with Gasteiger partial charge in [0.1, 0.15) is 5.69 Å². The normalized spacial score (nSPS) is 10.8. The molecule has 3 rings (SSSR count). The topological polar surface area (TPSA) is 51.4 Å². The van der Waals surface area contributed by atoms with Crippen molar-refractivity contribution >= 4 is 34.0 Å². The molecule has 0 saturated heterocycles. The van der Waals surface area contributed by atoms with E-state index in [4.69, 9.17) is 11.6 Å². The van der Waals surface area contributed by atoms with Gasteiger partial charge in [-0.25, -0.2) is 0 Å². The minimum atomic E-state index is -0.00718. The maximum atomic E-state index is 11.8. The number of halogens is 1. The Balaban J connectivity index is 2.30. The van der Waals surface area contributed by atoms with Crippen LogP contribution in [0.5, 0.6) is 0 Å². The molecule has 5 heteroatoms. The summed E-state index contributed by atoms with van der Waals surface area (Å²) in [7, 11) is 0. The van der Waals surface area contributed by atoms with Gasteiger partial charge < -0.3 is 4.57 Å². The number of fused-ring (bicyclic) bond motifs is 1. The van der Waals surface area contributed by atoms with Crippen LogP contribution >= 0.6 is 11.6 Å². The van der Waals surface area contributed by atoms with Crippen LogP contribution in [0.4, 0.5) is 5.69 Å². The highest BCUT2D eigenvalue weighted by atomic mass is 35.5. The lowest BCUT2D eigenvalue weighted by atomic mass is 10.1. The zero-order chi connectivity index (χ0) is 15.0. The highest BCUT2D eigenvalue weighted by Gasteiger charge is 2.14.